The van der Waals surface area contributed by atoms with Gasteiger partial charge in [0.25, 0.3) is 0 Å². The van der Waals surface area contributed by atoms with Gasteiger partial charge >= 0.3 is 0 Å². The lowest BCUT2D eigenvalue weighted by atomic mass is 9.99. The van der Waals surface area contributed by atoms with Crippen molar-refractivity contribution in [2.24, 2.45) is 5.73 Å². The van der Waals surface area contributed by atoms with Crippen LogP contribution >= 0.6 is 0 Å². The number of nitrogens with zero attached hydrogens (tertiary/aromatic N) is 1. The highest BCUT2D eigenvalue weighted by atomic mass is 16.3. The average molecular weight is 305 g/mol. The predicted molar refractivity (Wildman–Crippen MR) is 89.7 cm³/mol. The molecule has 2 aromatic carbocycles. The van der Waals surface area contributed by atoms with Gasteiger partial charge in [-0.05, 0) is 41.5 Å². The van der Waals surface area contributed by atoms with E-state index in [-0.39, 0.29) is 5.75 Å². The second-order valence-electron chi connectivity index (χ2n) is 5.15. The third-order valence-electron chi connectivity index (χ3n) is 3.58. The fourth-order valence-electron chi connectivity index (χ4n) is 2.36. The highest BCUT2D eigenvalue weighted by molar-refractivity contribution is 5.94. The maximum absolute atomic E-state index is 11.3. The molecule has 0 radical (unpaired) electrons. The van der Waals surface area contributed by atoms with Crippen molar-refractivity contribution in [3.63, 3.8) is 0 Å². The molecule has 0 spiro atoms. The Morgan fingerprint density at radius 2 is 1.70 bits per heavy atom. The van der Waals surface area contributed by atoms with Crippen LogP contribution in [0.2, 0.25) is 0 Å². The number of phenols is 1. The summed E-state index contributed by atoms with van der Waals surface area (Å²) in [5, 5.41) is 9.40. The van der Waals surface area contributed by atoms with Crippen molar-refractivity contribution < 1.29 is 9.90 Å². The number of phenolic OH excluding ortho intramolecular Hbond substituents is 1. The van der Waals surface area contributed by atoms with Gasteiger partial charge in [-0.3, -0.25) is 4.79 Å². The number of aromatic hydroxyl groups is 1. The van der Waals surface area contributed by atoms with E-state index in [1.54, 1.807) is 48.7 Å². The van der Waals surface area contributed by atoms with Crippen molar-refractivity contribution in [1.82, 2.24) is 4.98 Å². The molecule has 0 aliphatic carbocycles. The van der Waals surface area contributed by atoms with Crippen LogP contribution < -0.4 is 11.5 Å². The van der Waals surface area contributed by atoms with E-state index in [0.29, 0.717) is 11.4 Å². The van der Waals surface area contributed by atoms with Crippen molar-refractivity contribution in [2.75, 3.05) is 5.73 Å². The molecule has 0 saturated heterocycles. The van der Waals surface area contributed by atoms with E-state index in [2.05, 4.69) is 4.98 Å². The summed E-state index contributed by atoms with van der Waals surface area (Å²) in [5.74, 6) is 0.102. The molecule has 0 saturated carbocycles. The Kier molecular flexibility index (Phi) is 3.68. The number of amides is 1. The third kappa shape index (κ3) is 2.98. The van der Waals surface area contributed by atoms with E-state index in [1.807, 2.05) is 12.1 Å². The number of aromatic nitrogens is 1. The maximum atomic E-state index is 11.3. The fraction of sp³-hybridized carbons (Fsp3) is 0. The summed E-state index contributed by atoms with van der Waals surface area (Å²) in [6, 6.07) is 15.7. The van der Waals surface area contributed by atoms with Gasteiger partial charge in [-0.15, -0.1) is 0 Å². The molecule has 23 heavy (non-hydrogen) atoms. The molecule has 5 nitrogen and oxygen atoms in total. The average Bonchev–Trinajstić information content (AvgIpc) is 2.56. The minimum atomic E-state index is -0.478. The monoisotopic (exact) mass is 305 g/mol. The van der Waals surface area contributed by atoms with Gasteiger partial charge in [0.15, 0.2) is 0 Å². The van der Waals surface area contributed by atoms with Crippen LogP contribution in [-0.4, -0.2) is 16.0 Å². The minimum Gasteiger partial charge on any atom is -0.508 e. The summed E-state index contributed by atoms with van der Waals surface area (Å²) < 4.78 is 0. The van der Waals surface area contributed by atoms with Crippen LogP contribution in [0.25, 0.3) is 22.3 Å². The molecular formula is C18H15N3O2. The summed E-state index contributed by atoms with van der Waals surface area (Å²) in [7, 11) is 0. The molecule has 5 heteroatoms. The Balaban J connectivity index is 2.08. The molecule has 1 amide bonds. The van der Waals surface area contributed by atoms with Crippen molar-refractivity contribution >= 4 is 11.7 Å². The first-order chi connectivity index (χ1) is 11.0. The number of hydrogen-bond acceptors (Lipinski definition) is 4. The number of primary amides is 1. The van der Waals surface area contributed by atoms with E-state index in [1.165, 1.54) is 0 Å². The lowest BCUT2D eigenvalue weighted by Crippen LogP contribution is -2.10. The molecular weight excluding hydrogens is 290 g/mol. The van der Waals surface area contributed by atoms with Gasteiger partial charge in [0.1, 0.15) is 11.6 Å². The third-order valence-corrected chi connectivity index (χ3v) is 3.58. The SMILES string of the molecule is NC(=O)c1cccc(-c2cnc(N)c(-c3ccc(O)cc3)c2)c1. The molecule has 1 heterocycles. The summed E-state index contributed by atoms with van der Waals surface area (Å²) in [5.41, 5.74) is 15.0. The molecule has 0 aliphatic rings. The minimum absolute atomic E-state index is 0.186. The normalized spacial score (nSPS) is 10.4. The second kappa shape index (κ2) is 5.81. The van der Waals surface area contributed by atoms with E-state index >= 15 is 0 Å². The van der Waals surface area contributed by atoms with Gasteiger partial charge in [0, 0.05) is 22.9 Å². The highest BCUT2D eigenvalue weighted by Gasteiger charge is 2.09. The van der Waals surface area contributed by atoms with Gasteiger partial charge < -0.3 is 16.6 Å². The molecule has 0 bridgehead atoms. The number of carbonyl (C=O) groups excluding carboxylic acids is 1. The summed E-state index contributed by atoms with van der Waals surface area (Å²) >= 11 is 0. The summed E-state index contributed by atoms with van der Waals surface area (Å²) in [6.45, 7) is 0. The fourth-order valence-corrected chi connectivity index (χ4v) is 2.36. The Labute approximate surface area is 133 Å². The first-order valence-electron chi connectivity index (χ1n) is 7.00. The van der Waals surface area contributed by atoms with E-state index < -0.39 is 5.91 Å². The zero-order valence-electron chi connectivity index (χ0n) is 12.2. The van der Waals surface area contributed by atoms with Crippen molar-refractivity contribution in [2.45, 2.75) is 0 Å². The summed E-state index contributed by atoms with van der Waals surface area (Å²) in [6.07, 6.45) is 1.65. The van der Waals surface area contributed by atoms with Gasteiger partial charge in [-0.2, -0.15) is 0 Å². The molecule has 3 rings (SSSR count). The van der Waals surface area contributed by atoms with Gasteiger partial charge in [0.05, 0.1) is 0 Å². The number of nitrogen functional groups attached to an aromatic ring is 1. The van der Waals surface area contributed by atoms with E-state index in [9.17, 15) is 9.90 Å². The Morgan fingerprint density at radius 3 is 2.39 bits per heavy atom. The topological polar surface area (TPSA) is 102 Å². The first-order valence-corrected chi connectivity index (χ1v) is 7.00. The molecule has 0 unspecified atom stereocenters. The highest BCUT2D eigenvalue weighted by Crippen LogP contribution is 2.30. The molecule has 5 N–H and O–H groups in total. The number of nitrogens with two attached hydrogens (primary N) is 2. The van der Waals surface area contributed by atoms with Crippen molar-refractivity contribution in [1.29, 1.82) is 0 Å². The number of pyridine rings is 1. The van der Waals surface area contributed by atoms with Crippen LogP contribution in [-0.2, 0) is 0 Å². The molecule has 3 aromatic rings. The number of benzene rings is 2. The number of rotatable bonds is 3. The predicted octanol–water partition coefficient (Wildman–Crippen LogP) is 2.80. The van der Waals surface area contributed by atoms with Crippen molar-refractivity contribution in [3.05, 3.63) is 66.4 Å². The molecule has 0 fully saturated rings. The lowest BCUT2D eigenvalue weighted by Gasteiger charge is -2.09. The lowest BCUT2D eigenvalue weighted by molar-refractivity contribution is 0.100. The van der Waals surface area contributed by atoms with Crippen LogP contribution in [0.4, 0.5) is 5.82 Å². The molecule has 0 atom stereocenters. The van der Waals surface area contributed by atoms with Gasteiger partial charge in [-0.1, -0.05) is 24.3 Å². The van der Waals surface area contributed by atoms with Crippen LogP contribution in [0.5, 0.6) is 5.75 Å². The largest absolute Gasteiger partial charge is 0.508 e. The van der Waals surface area contributed by atoms with Crippen LogP contribution in [0.1, 0.15) is 10.4 Å². The number of carbonyl (C=O) groups is 1. The number of hydrogen-bond donors (Lipinski definition) is 3. The molecule has 1 aromatic heterocycles. The molecule has 114 valence electrons. The quantitative estimate of drug-likeness (QED) is 0.692. The van der Waals surface area contributed by atoms with Crippen LogP contribution in [0.15, 0.2) is 60.8 Å². The Hall–Kier alpha value is -3.34. The smallest absolute Gasteiger partial charge is 0.248 e. The number of anilines is 1. The van der Waals surface area contributed by atoms with Gasteiger partial charge in [0.2, 0.25) is 5.91 Å². The molecule has 0 aliphatic heterocycles. The van der Waals surface area contributed by atoms with Crippen LogP contribution in [0.3, 0.4) is 0 Å². The van der Waals surface area contributed by atoms with Gasteiger partial charge in [-0.25, -0.2) is 4.98 Å². The Morgan fingerprint density at radius 1 is 0.957 bits per heavy atom. The first kappa shape index (κ1) is 14.6. The zero-order valence-corrected chi connectivity index (χ0v) is 12.2. The maximum Gasteiger partial charge on any atom is 0.248 e. The zero-order chi connectivity index (χ0) is 16.4. The van der Waals surface area contributed by atoms with Crippen molar-refractivity contribution in [3.8, 4) is 28.0 Å². The second-order valence-corrected chi connectivity index (χ2v) is 5.15. The van der Waals surface area contributed by atoms with E-state index in [4.69, 9.17) is 11.5 Å². The van der Waals surface area contributed by atoms with E-state index in [0.717, 1.165) is 22.3 Å². The summed E-state index contributed by atoms with van der Waals surface area (Å²) in [4.78, 5) is 15.5. The van der Waals surface area contributed by atoms with Crippen LogP contribution in [0, 0.1) is 0 Å². The standard InChI is InChI=1S/C18H15N3O2/c19-17-16(11-4-6-15(22)7-5-11)9-14(10-21-17)12-2-1-3-13(8-12)18(20)23/h1-10,22H,(H2,19,21)(H2,20,23). The Bertz CT molecular complexity index is 874.